The van der Waals surface area contributed by atoms with Crippen LogP contribution in [0.2, 0.25) is 5.02 Å². The van der Waals surface area contributed by atoms with Gasteiger partial charge in [0, 0.05) is 11.6 Å². The van der Waals surface area contributed by atoms with Crippen LogP contribution in [0.25, 0.3) is 17.4 Å². The first-order valence-corrected chi connectivity index (χ1v) is 10.1. The number of carboxylic acid groups (broad SMARTS) is 1. The molecule has 0 spiro atoms. The maximum Gasteiger partial charge on any atom is 0.337 e. The smallest absolute Gasteiger partial charge is 0.337 e. The van der Waals surface area contributed by atoms with E-state index in [9.17, 15) is 14.0 Å². The molecule has 5 nitrogen and oxygen atoms in total. The van der Waals surface area contributed by atoms with E-state index in [2.05, 4.69) is 0 Å². The summed E-state index contributed by atoms with van der Waals surface area (Å²) in [5.74, 6) is -1.27. The number of carbonyl (C=O) groups excluding carboxylic acids is 1. The quantitative estimate of drug-likeness (QED) is 0.390. The van der Waals surface area contributed by atoms with Crippen molar-refractivity contribution in [1.29, 1.82) is 0 Å². The number of nitrogens with zero attached hydrogens (tertiary/aromatic N) is 1. The van der Waals surface area contributed by atoms with E-state index in [-0.39, 0.29) is 20.6 Å². The zero-order chi connectivity index (χ0) is 21.4. The van der Waals surface area contributed by atoms with Crippen LogP contribution in [0, 0.1) is 5.82 Å². The van der Waals surface area contributed by atoms with Crippen molar-refractivity contribution in [3.05, 3.63) is 81.7 Å². The first-order chi connectivity index (χ1) is 14.3. The SMILES string of the molecule is O=C(O)c1ccc(-c2ccc(/C=C3/SC(=S)N(c4ccccc4F)C3=O)o2)cc1Cl. The van der Waals surface area contributed by atoms with Gasteiger partial charge in [0.2, 0.25) is 0 Å². The zero-order valence-electron chi connectivity index (χ0n) is 15.0. The van der Waals surface area contributed by atoms with Gasteiger partial charge in [0.15, 0.2) is 4.32 Å². The number of carbonyl (C=O) groups is 2. The summed E-state index contributed by atoms with van der Waals surface area (Å²) in [5.41, 5.74) is 0.671. The number of amides is 1. The van der Waals surface area contributed by atoms with Crippen molar-refractivity contribution < 1.29 is 23.5 Å². The predicted molar refractivity (Wildman–Crippen MR) is 118 cm³/mol. The lowest BCUT2D eigenvalue weighted by molar-refractivity contribution is -0.113. The van der Waals surface area contributed by atoms with E-state index in [4.69, 9.17) is 33.3 Å². The Labute approximate surface area is 184 Å². The molecule has 2 aromatic carbocycles. The molecule has 1 aromatic heterocycles. The van der Waals surface area contributed by atoms with Gasteiger partial charge in [-0.15, -0.1) is 0 Å². The van der Waals surface area contributed by atoms with Crippen LogP contribution in [0.5, 0.6) is 0 Å². The van der Waals surface area contributed by atoms with E-state index in [1.54, 1.807) is 24.3 Å². The topological polar surface area (TPSA) is 70.8 Å². The standard InChI is InChI=1S/C21H11ClFNO4S2/c22-14-9-11(5-7-13(14)20(26)27)17-8-6-12(28-17)10-18-19(25)24(21(29)30-18)16-4-2-1-3-15(16)23/h1-10H,(H,26,27)/b18-10+. The lowest BCUT2D eigenvalue weighted by Crippen LogP contribution is -2.28. The fourth-order valence-electron chi connectivity index (χ4n) is 2.87. The molecular formula is C21H11ClFNO4S2. The summed E-state index contributed by atoms with van der Waals surface area (Å²) in [7, 11) is 0. The molecule has 0 atom stereocenters. The Morgan fingerprint density at radius 2 is 1.97 bits per heavy atom. The van der Waals surface area contributed by atoms with Crippen LogP contribution in [0.4, 0.5) is 10.1 Å². The van der Waals surface area contributed by atoms with Gasteiger partial charge in [-0.05, 0) is 36.4 Å². The highest BCUT2D eigenvalue weighted by Crippen LogP contribution is 2.37. The molecule has 1 aliphatic heterocycles. The lowest BCUT2D eigenvalue weighted by atomic mass is 10.1. The minimum absolute atomic E-state index is 0.0102. The molecule has 1 fully saturated rings. The van der Waals surface area contributed by atoms with Crippen molar-refractivity contribution >= 4 is 63.5 Å². The number of hydrogen-bond acceptors (Lipinski definition) is 5. The van der Waals surface area contributed by atoms with E-state index in [0.717, 1.165) is 16.7 Å². The van der Waals surface area contributed by atoms with E-state index in [1.165, 1.54) is 36.4 Å². The molecule has 2 heterocycles. The van der Waals surface area contributed by atoms with Gasteiger partial charge in [0.25, 0.3) is 5.91 Å². The van der Waals surface area contributed by atoms with Gasteiger partial charge in [-0.3, -0.25) is 9.69 Å². The van der Waals surface area contributed by atoms with Crippen LogP contribution >= 0.6 is 35.6 Å². The van der Waals surface area contributed by atoms with Gasteiger partial charge in [-0.2, -0.15) is 0 Å². The largest absolute Gasteiger partial charge is 0.478 e. The minimum atomic E-state index is -1.12. The maximum atomic E-state index is 14.1. The van der Waals surface area contributed by atoms with E-state index >= 15 is 0 Å². The second-order valence-electron chi connectivity index (χ2n) is 6.17. The molecule has 1 aliphatic rings. The van der Waals surface area contributed by atoms with E-state index in [0.29, 0.717) is 22.0 Å². The molecule has 9 heteroatoms. The van der Waals surface area contributed by atoms with Crippen LogP contribution in [-0.2, 0) is 4.79 Å². The van der Waals surface area contributed by atoms with E-state index < -0.39 is 17.7 Å². The number of furan rings is 1. The highest BCUT2D eigenvalue weighted by Gasteiger charge is 2.34. The molecule has 0 unspecified atom stereocenters. The number of aromatic carboxylic acids is 1. The number of benzene rings is 2. The van der Waals surface area contributed by atoms with Gasteiger partial charge >= 0.3 is 5.97 Å². The van der Waals surface area contributed by atoms with Crippen molar-refractivity contribution in [2.45, 2.75) is 0 Å². The number of thioether (sulfide) groups is 1. The van der Waals surface area contributed by atoms with Crippen LogP contribution in [0.1, 0.15) is 16.1 Å². The van der Waals surface area contributed by atoms with Gasteiger partial charge in [-0.1, -0.05) is 53.8 Å². The Morgan fingerprint density at radius 1 is 1.20 bits per heavy atom. The average molecular weight is 460 g/mol. The van der Waals surface area contributed by atoms with Crippen LogP contribution in [0.15, 0.2) is 63.9 Å². The number of rotatable bonds is 4. The second kappa shape index (κ2) is 8.06. The Morgan fingerprint density at radius 3 is 2.67 bits per heavy atom. The summed E-state index contributed by atoms with van der Waals surface area (Å²) >= 11 is 12.3. The summed E-state index contributed by atoms with van der Waals surface area (Å²) in [6.45, 7) is 0. The molecule has 1 N–H and O–H groups in total. The molecule has 0 saturated carbocycles. The summed E-state index contributed by atoms with van der Waals surface area (Å²) in [6, 6.07) is 13.7. The van der Waals surface area contributed by atoms with Crippen LogP contribution in [-0.4, -0.2) is 21.3 Å². The molecule has 0 radical (unpaired) electrons. The molecular weight excluding hydrogens is 449 g/mol. The van der Waals surface area contributed by atoms with Crippen LogP contribution < -0.4 is 4.90 Å². The minimum Gasteiger partial charge on any atom is -0.478 e. The van der Waals surface area contributed by atoms with Crippen molar-refractivity contribution in [3.63, 3.8) is 0 Å². The highest BCUT2D eigenvalue weighted by molar-refractivity contribution is 8.27. The van der Waals surface area contributed by atoms with Crippen molar-refractivity contribution in [2.75, 3.05) is 4.90 Å². The van der Waals surface area contributed by atoms with Crippen LogP contribution in [0.3, 0.4) is 0 Å². The summed E-state index contributed by atoms with van der Waals surface area (Å²) in [6.07, 6.45) is 1.52. The third kappa shape index (κ3) is 3.77. The summed E-state index contributed by atoms with van der Waals surface area (Å²) < 4.78 is 20.1. The number of anilines is 1. The summed E-state index contributed by atoms with van der Waals surface area (Å²) in [4.78, 5) is 25.3. The number of thiocarbonyl (C=S) groups is 1. The van der Waals surface area contributed by atoms with Gasteiger partial charge in [0.05, 0.1) is 21.2 Å². The second-order valence-corrected chi connectivity index (χ2v) is 8.25. The molecule has 1 amide bonds. The predicted octanol–water partition coefficient (Wildman–Crippen LogP) is 5.84. The lowest BCUT2D eigenvalue weighted by Gasteiger charge is -2.14. The van der Waals surface area contributed by atoms with Gasteiger partial charge in [0.1, 0.15) is 17.3 Å². The fraction of sp³-hybridized carbons (Fsp3) is 0. The first kappa shape index (κ1) is 20.3. The van der Waals surface area contributed by atoms with Crippen molar-refractivity contribution in [2.24, 2.45) is 0 Å². The third-order valence-corrected chi connectivity index (χ3v) is 5.89. The molecule has 150 valence electrons. The normalized spacial score (nSPS) is 15.3. The Bertz CT molecular complexity index is 1240. The first-order valence-electron chi connectivity index (χ1n) is 8.50. The Hall–Kier alpha value is -2.94. The average Bonchev–Trinajstić information content (AvgIpc) is 3.27. The number of halogens is 2. The molecule has 4 rings (SSSR count). The number of para-hydroxylation sites is 1. The van der Waals surface area contributed by atoms with Gasteiger partial charge < -0.3 is 9.52 Å². The van der Waals surface area contributed by atoms with E-state index in [1.807, 2.05) is 0 Å². The van der Waals surface area contributed by atoms with Crippen molar-refractivity contribution in [3.8, 4) is 11.3 Å². The molecule has 0 bridgehead atoms. The monoisotopic (exact) mass is 459 g/mol. The maximum absolute atomic E-state index is 14.1. The van der Waals surface area contributed by atoms with Crippen molar-refractivity contribution in [1.82, 2.24) is 0 Å². The fourth-order valence-corrected chi connectivity index (χ4v) is 4.39. The Kier molecular flexibility index (Phi) is 5.46. The zero-order valence-corrected chi connectivity index (χ0v) is 17.4. The molecule has 0 aliphatic carbocycles. The Balaban J connectivity index is 1.61. The molecule has 30 heavy (non-hydrogen) atoms. The number of hydrogen-bond donors (Lipinski definition) is 1. The number of carboxylic acids is 1. The third-order valence-electron chi connectivity index (χ3n) is 4.27. The molecule has 1 saturated heterocycles. The summed E-state index contributed by atoms with van der Waals surface area (Å²) in [5, 5.41) is 9.16. The van der Waals surface area contributed by atoms with Gasteiger partial charge in [-0.25, -0.2) is 9.18 Å². The highest BCUT2D eigenvalue weighted by atomic mass is 35.5. The molecule has 3 aromatic rings.